The van der Waals surface area contributed by atoms with E-state index in [-0.39, 0.29) is 23.4 Å². The molecule has 0 bridgehead atoms. The lowest BCUT2D eigenvalue weighted by Gasteiger charge is -2.32. The van der Waals surface area contributed by atoms with Gasteiger partial charge in [0.05, 0.1) is 5.56 Å². The molecule has 1 N–H and O–H groups in total. The lowest BCUT2D eigenvalue weighted by molar-refractivity contribution is 0.0595. The number of amides is 1. The maximum atomic E-state index is 12.9. The van der Waals surface area contributed by atoms with E-state index in [1.165, 1.54) is 24.3 Å². The van der Waals surface area contributed by atoms with Crippen molar-refractivity contribution < 1.29 is 23.8 Å². The van der Waals surface area contributed by atoms with Gasteiger partial charge < -0.3 is 14.7 Å². The molecule has 0 aromatic heterocycles. The van der Waals surface area contributed by atoms with E-state index in [0.29, 0.717) is 37.2 Å². The minimum Gasteiger partial charge on any atom is -0.490 e. The fourth-order valence-electron chi connectivity index (χ4n) is 2.85. The number of carbonyl (C=O) groups is 2. The van der Waals surface area contributed by atoms with Crippen LogP contribution >= 0.6 is 0 Å². The van der Waals surface area contributed by atoms with Crippen LogP contribution in [0.2, 0.25) is 0 Å². The number of benzene rings is 2. The van der Waals surface area contributed by atoms with E-state index in [1.807, 2.05) is 0 Å². The third-order valence-corrected chi connectivity index (χ3v) is 4.20. The molecule has 0 radical (unpaired) electrons. The summed E-state index contributed by atoms with van der Waals surface area (Å²) in [7, 11) is 0. The molecule has 25 heavy (non-hydrogen) atoms. The number of nitrogens with zero attached hydrogens (tertiary/aromatic N) is 1. The summed E-state index contributed by atoms with van der Waals surface area (Å²) >= 11 is 0. The number of carboxylic acids is 1. The average Bonchev–Trinajstić information content (AvgIpc) is 2.64. The van der Waals surface area contributed by atoms with Crippen molar-refractivity contribution in [1.82, 2.24) is 4.90 Å². The molecule has 0 unspecified atom stereocenters. The molecular formula is C19H18FNO4. The summed E-state index contributed by atoms with van der Waals surface area (Å²) in [5.74, 6) is -0.930. The van der Waals surface area contributed by atoms with Crippen LogP contribution in [0.4, 0.5) is 4.39 Å². The van der Waals surface area contributed by atoms with Gasteiger partial charge >= 0.3 is 5.97 Å². The average molecular weight is 343 g/mol. The molecule has 1 heterocycles. The van der Waals surface area contributed by atoms with Crippen molar-refractivity contribution >= 4 is 11.9 Å². The van der Waals surface area contributed by atoms with Crippen molar-refractivity contribution in [2.45, 2.75) is 18.9 Å². The van der Waals surface area contributed by atoms with Gasteiger partial charge in [-0.2, -0.15) is 0 Å². The lowest BCUT2D eigenvalue weighted by Crippen LogP contribution is -2.41. The SMILES string of the molecule is O=C(O)c1cccc(C(=O)N2CCC(Oc3ccc(F)cc3)CC2)c1. The van der Waals surface area contributed by atoms with Crippen LogP contribution in [-0.4, -0.2) is 41.1 Å². The summed E-state index contributed by atoms with van der Waals surface area (Å²) < 4.78 is 18.7. The molecule has 2 aromatic rings. The minimum atomic E-state index is -1.05. The first-order valence-electron chi connectivity index (χ1n) is 8.08. The molecule has 0 atom stereocenters. The number of halogens is 1. The van der Waals surface area contributed by atoms with Gasteiger partial charge in [0, 0.05) is 31.5 Å². The number of hydrogen-bond donors (Lipinski definition) is 1. The normalized spacial score (nSPS) is 15.0. The second kappa shape index (κ2) is 7.34. The summed E-state index contributed by atoms with van der Waals surface area (Å²) in [6.45, 7) is 1.06. The smallest absolute Gasteiger partial charge is 0.335 e. The zero-order valence-electron chi connectivity index (χ0n) is 13.5. The van der Waals surface area contributed by atoms with Crippen molar-refractivity contribution in [2.75, 3.05) is 13.1 Å². The molecule has 1 aliphatic rings. The van der Waals surface area contributed by atoms with E-state index < -0.39 is 5.97 Å². The predicted molar refractivity (Wildman–Crippen MR) is 89.4 cm³/mol. The summed E-state index contributed by atoms with van der Waals surface area (Å²) in [6.07, 6.45) is 1.31. The van der Waals surface area contributed by atoms with Crippen LogP contribution in [0.15, 0.2) is 48.5 Å². The van der Waals surface area contributed by atoms with E-state index in [1.54, 1.807) is 29.2 Å². The van der Waals surface area contributed by atoms with E-state index in [9.17, 15) is 14.0 Å². The van der Waals surface area contributed by atoms with Crippen LogP contribution in [0.5, 0.6) is 5.75 Å². The topological polar surface area (TPSA) is 66.8 Å². The fourth-order valence-corrected chi connectivity index (χ4v) is 2.85. The van der Waals surface area contributed by atoms with E-state index >= 15 is 0 Å². The van der Waals surface area contributed by atoms with Gasteiger partial charge in [0.2, 0.25) is 0 Å². The Hall–Kier alpha value is -2.89. The van der Waals surface area contributed by atoms with Crippen molar-refractivity contribution in [1.29, 1.82) is 0 Å². The molecule has 1 fully saturated rings. The van der Waals surface area contributed by atoms with E-state index in [4.69, 9.17) is 9.84 Å². The number of ether oxygens (including phenoxy) is 1. The van der Waals surface area contributed by atoms with Crippen molar-refractivity contribution in [3.05, 3.63) is 65.5 Å². The highest BCUT2D eigenvalue weighted by molar-refractivity contribution is 5.97. The Labute approximate surface area is 144 Å². The monoisotopic (exact) mass is 343 g/mol. The molecule has 0 spiro atoms. The van der Waals surface area contributed by atoms with Crippen molar-refractivity contribution in [3.8, 4) is 5.75 Å². The third-order valence-electron chi connectivity index (χ3n) is 4.20. The number of carbonyl (C=O) groups excluding carboxylic acids is 1. The standard InChI is InChI=1S/C19H18FNO4/c20-15-4-6-16(7-5-15)25-17-8-10-21(11-9-17)18(22)13-2-1-3-14(12-13)19(23)24/h1-7,12,17H,8-11H2,(H,23,24). The van der Waals surface area contributed by atoms with Gasteiger partial charge in [0.15, 0.2) is 0 Å². The van der Waals surface area contributed by atoms with Crippen LogP contribution in [0.3, 0.4) is 0 Å². The minimum absolute atomic E-state index is 0.0279. The van der Waals surface area contributed by atoms with Crippen LogP contribution in [0, 0.1) is 5.82 Å². The molecule has 0 aliphatic carbocycles. The highest BCUT2D eigenvalue weighted by Gasteiger charge is 2.25. The number of hydrogen-bond acceptors (Lipinski definition) is 3. The molecule has 1 saturated heterocycles. The lowest BCUT2D eigenvalue weighted by atomic mass is 10.0. The predicted octanol–water partition coefficient (Wildman–Crippen LogP) is 3.21. The summed E-state index contributed by atoms with van der Waals surface area (Å²) in [5, 5.41) is 9.03. The summed E-state index contributed by atoms with van der Waals surface area (Å²) in [6, 6.07) is 11.9. The number of piperidine rings is 1. The summed E-state index contributed by atoms with van der Waals surface area (Å²) in [4.78, 5) is 25.3. The molecular weight excluding hydrogens is 325 g/mol. The van der Waals surface area contributed by atoms with Gasteiger partial charge in [-0.3, -0.25) is 4.79 Å². The molecule has 1 amide bonds. The van der Waals surface area contributed by atoms with Crippen LogP contribution in [0.1, 0.15) is 33.6 Å². The Kier molecular flexibility index (Phi) is 4.97. The number of likely N-dealkylation sites (tertiary alicyclic amines) is 1. The number of rotatable bonds is 4. The van der Waals surface area contributed by atoms with Crippen molar-refractivity contribution in [3.63, 3.8) is 0 Å². The Balaban J connectivity index is 1.58. The maximum absolute atomic E-state index is 12.9. The van der Waals surface area contributed by atoms with Crippen molar-refractivity contribution in [2.24, 2.45) is 0 Å². The molecule has 2 aromatic carbocycles. The fraction of sp³-hybridized carbons (Fsp3) is 0.263. The molecule has 6 heteroatoms. The maximum Gasteiger partial charge on any atom is 0.335 e. The van der Waals surface area contributed by atoms with Gasteiger partial charge in [-0.1, -0.05) is 6.07 Å². The first-order chi connectivity index (χ1) is 12.0. The van der Waals surface area contributed by atoms with E-state index in [2.05, 4.69) is 0 Å². The summed E-state index contributed by atoms with van der Waals surface area (Å²) in [5.41, 5.74) is 0.471. The van der Waals surface area contributed by atoms with Crippen LogP contribution in [0.25, 0.3) is 0 Å². The number of aromatic carboxylic acids is 1. The largest absolute Gasteiger partial charge is 0.490 e. The Bertz CT molecular complexity index is 767. The Morgan fingerprint density at radius 1 is 1.04 bits per heavy atom. The highest BCUT2D eigenvalue weighted by atomic mass is 19.1. The number of carboxylic acid groups (broad SMARTS) is 1. The second-order valence-electron chi connectivity index (χ2n) is 5.95. The van der Waals surface area contributed by atoms with Gasteiger partial charge in [-0.15, -0.1) is 0 Å². The van der Waals surface area contributed by atoms with Gasteiger partial charge in [-0.25, -0.2) is 9.18 Å². The van der Waals surface area contributed by atoms with Gasteiger partial charge in [-0.05, 0) is 42.5 Å². The highest BCUT2D eigenvalue weighted by Crippen LogP contribution is 2.20. The molecule has 5 nitrogen and oxygen atoms in total. The quantitative estimate of drug-likeness (QED) is 0.926. The molecule has 1 aliphatic heterocycles. The Morgan fingerprint density at radius 2 is 1.68 bits per heavy atom. The Morgan fingerprint density at radius 3 is 2.32 bits per heavy atom. The molecule has 0 saturated carbocycles. The van der Waals surface area contributed by atoms with Gasteiger partial charge in [0.1, 0.15) is 17.7 Å². The van der Waals surface area contributed by atoms with E-state index in [0.717, 1.165) is 0 Å². The molecule has 130 valence electrons. The third kappa shape index (κ3) is 4.15. The zero-order chi connectivity index (χ0) is 17.8. The molecule has 3 rings (SSSR count). The van der Waals surface area contributed by atoms with Crippen LogP contribution in [-0.2, 0) is 0 Å². The second-order valence-corrected chi connectivity index (χ2v) is 5.95. The van der Waals surface area contributed by atoms with Gasteiger partial charge in [0.25, 0.3) is 5.91 Å². The zero-order valence-corrected chi connectivity index (χ0v) is 13.5. The van der Waals surface area contributed by atoms with Crippen LogP contribution < -0.4 is 4.74 Å². The first-order valence-corrected chi connectivity index (χ1v) is 8.08. The first kappa shape index (κ1) is 17.0.